The highest BCUT2D eigenvalue weighted by molar-refractivity contribution is 5.96. The number of carbonyl (C=O) groups is 3. The number of piperidine rings is 1. The summed E-state index contributed by atoms with van der Waals surface area (Å²) < 4.78 is 4.74. The molecule has 2 aliphatic rings. The second-order valence-electron chi connectivity index (χ2n) is 6.60. The summed E-state index contributed by atoms with van der Waals surface area (Å²) in [5.41, 5.74) is 1.29. The van der Waals surface area contributed by atoms with Crippen molar-refractivity contribution in [3.63, 3.8) is 0 Å². The zero-order valence-electron chi connectivity index (χ0n) is 14.9. The van der Waals surface area contributed by atoms with E-state index in [0.717, 1.165) is 18.4 Å². The molecule has 7 nitrogen and oxygen atoms in total. The topological polar surface area (TPSA) is 79.8 Å². The summed E-state index contributed by atoms with van der Waals surface area (Å²) >= 11 is 0. The molecule has 0 saturated carbocycles. The zero-order valence-corrected chi connectivity index (χ0v) is 14.9. The van der Waals surface area contributed by atoms with Crippen molar-refractivity contribution in [3.8, 4) is 0 Å². The Bertz CT molecular complexity index is 738. The molecule has 1 saturated heterocycles. The minimum absolute atomic E-state index is 0.0509. The molecular formula is C19H23N3O4. The third kappa shape index (κ3) is 3.47. The molecular weight excluding hydrogens is 334 g/mol. The van der Waals surface area contributed by atoms with Gasteiger partial charge in [-0.15, -0.1) is 0 Å². The molecule has 0 bridgehead atoms. The monoisotopic (exact) mass is 357 g/mol. The minimum Gasteiger partial charge on any atom is -0.465 e. The van der Waals surface area contributed by atoms with Crippen LogP contribution in [0.4, 0.5) is 5.82 Å². The largest absolute Gasteiger partial charge is 0.465 e. The summed E-state index contributed by atoms with van der Waals surface area (Å²) in [6.07, 6.45) is 5.67. The summed E-state index contributed by atoms with van der Waals surface area (Å²) in [6, 6.07) is 1.76. The fraction of sp³-hybridized carbons (Fsp3) is 0.474. The van der Waals surface area contributed by atoms with Crippen LogP contribution < -0.4 is 4.90 Å². The predicted octanol–water partition coefficient (Wildman–Crippen LogP) is 1.57. The van der Waals surface area contributed by atoms with E-state index in [9.17, 15) is 14.4 Å². The van der Waals surface area contributed by atoms with Crippen LogP contribution in [0.15, 0.2) is 24.9 Å². The molecule has 7 heteroatoms. The molecule has 1 aromatic rings. The maximum absolute atomic E-state index is 13.0. The zero-order chi connectivity index (χ0) is 18.7. The Morgan fingerprint density at radius 2 is 2.00 bits per heavy atom. The number of esters is 1. The van der Waals surface area contributed by atoms with Gasteiger partial charge < -0.3 is 9.64 Å². The fourth-order valence-corrected chi connectivity index (χ4v) is 3.60. The highest BCUT2D eigenvalue weighted by Crippen LogP contribution is 2.29. The Morgan fingerprint density at radius 3 is 2.65 bits per heavy atom. The van der Waals surface area contributed by atoms with Gasteiger partial charge >= 0.3 is 5.97 Å². The third-order valence-corrected chi connectivity index (χ3v) is 5.04. The van der Waals surface area contributed by atoms with E-state index in [1.54, 1.807) is 15.9 Å². The van der Waals surface area contributed by atoms with Crippen LogP contribution in [0.1, 0.15) is 35.2 Å². The Labute approximate surface area is 152 Å². The lowest BCUT2D eigenvalue weighted by atomic mass is 9.93. The minimum atomic E-state index is -0.428. The van der Waals surface area contributed by atoms with Crippen molar-refractivity contribution >= 4 is 23.6 Å². The molecule has 1 fully saturated rings. The van der Waals surface area contributed by atoms with E-state index in [1.165, 1.54) is 19.4 Å². The van der Waals surface area contributed by atoms with Crippen molar-refractivity contribution in [1.29, 1.82) is 0 Å². The van der Waals surface area contributed by atoms with Gasteiger partial charge in [0.1, 0.15) is 5.82 Å². The number of methoxy groups -OCH3 is 1. The number of carbonyl (C=O) groups excluding carboxylic acids is 3. The Hall–Kier alpha value is -2.70. The van der Waals surface area contributed by atoms with Gasteiger partial charge in [0.2, 0.25) is 11.8 Å². The molecule has 0 aromatic carbocycles. The quantitative estimate of drug-likeness (QED) is 0.606. The number of amides is 2. The van der Waals surface area contributed by atoms with Crippen LogP contribution in [0.3, 0.4) is 0 Å². The predicted molar refractivity (Wildman–Crippen MR) is 95.8 cm³/mol. The van der Waals surface area contributed by atoms with Crippen LogP contribution in [0.25, 0.3) is 0 Å². The first kappa shape index (κ1) is 18.1. The van der Waals surface area contributed by atoms with Crippen LogP contribution in [0, 0.1) is 5.92 Å². The fourth-order valence-electron chi connectivity index (χ4n) is 3.60. The number of ether oxygens (including phenoxy) is 1. The molecule has 0 N–H and O–H groups in total. The molecule has 3 rings (SSSR count). The second-order valence-corrected chi connectivity index (χ2v) is 6.60. The smallest absolute Gasteiger partial charge is 0.339 e. The molecule has 0 unspecified atom stereocenters. The van der Waals surface area contributed by atoms with Crippen molar-refractivity contribution in [1.82, 2.24) is 9.88 Å². The van der Waals surface area contributed by atoms with Crippen LogP contribution in [-0.4, -0.2) is 54.4 Å². The molecule has 3 heterocycles. The van der Waals surface area contributed by atoms with Gasteiger partial charge in [0, 0.05) is 31.7 Å². The van der Waals surface area contributed by atoms with E-state index >= 15 is 0 Å². The summed E-state index contributed by atoms with van der Waals surface area (Å²) in [5, 5.41) is 0. The number of anilines is 1. The van der Waals surface area contributed by atoms with E-state index in [4.69, 9.17) is 4.74 Å². The maximum atomic E-state index is 13.0. The number of hydrogen-bond donors (Lipinski definition) is 0. The molecule has 0 spiro atoms. The molecule has 0 aliphatic carbocycles. The van der Waals surface area contributed by atoms with Crippen LogP contribution >= 0.6 is 0 Å². The van der Waals surface area contributed by atoms with Crippen LogP contribution in [0.2, 0.25) is 0 Å². The van der Waals surface area contributed by atoms with Crippen molar-refractivity contribution in [2.24, 2.45) is 5.92 Å². The van der Waals surface area contributed by atoms with E-state index in [0.29, 0.717) is 43.9 Å². The Morgan fingerprint density at radius 1 is 1.27 bits per heavy atom. The average Bonchev–Trinajstić information content (AvgIpc) is 2.71. The number of hydrogen-bond acceptors (Lipinski definition) is 5. The van der Waals surface area contributed by atoms with Crippen molar-refractivity contribution < 1.29 is 19.1 Å². The number of likely N-dealkylation sites (tertiary alicyclic amines) is 1. The van der Waals surface area contributed by atoms with Crippen molar-refractivity contribution in [2.45, 2.75) is 25.7 Å². The lowest BCUT2D eigenvalue weighted by molar-refractivity contribution is -0.131. The summed E-state index contributed by atoms with van der Waals surface area (Å²) in [5.74, 6) is 0.0598. The van der Waals surface area contributed by atoms with Crippen LogP contribution in [-0.2, 0) is 20.7 Å². The number of pyridine rings is 1. The number of fused-ring (bicyclic) bond motifs is 1. The Balaban J connectivity index is 1.73. The average molecular weight is 357 g/mol. The molecule has 2 amide bonds. The van der Waals surface area contributed by atoms with Crippen molar-refractivity contribution in [2.75, 3.05) is 31.6 Å². The number of aryl methyl sites for hydroxylation is 1. The molecule has 138 valence electrons. The summed E-state index contributed by atoms with van der Waals surface area (Å²) in [4.78, 5) is 44.2. The number of rotatable bonds is 3. The highest BCUT2D eigenvalue weighted by atomic mass is 16.5. The molecule has 1 aromatic heterocycles. The SMILES string of the molecule is C=CC(=O)N1CCC(C(=O)N2CCCc3cc(C(=O)OC)cnc32)CC1. The van der Waals surface area contributed by atoms with Gasteiger partial charge in [-0.25, -0.2) is 9.78 Å². The maximum Gasteiger partial charge on any atom is 0.339 e. The molecule has 0 atom stereocenters. The van der Waals surface area contributed by atoms with Crippen molar-refractivity contribution in [3.05, 3.63) is 36.0 Å². The highest BCUT2D eigenvalue weighted by Gasteiger charge is 2.33. The van der Waals surface area contributed by atoms with Crippen LogP contribution in [0.5, 0.6) is 0 Å². The third-order valence-electron chi connectivity index (χ3n) is 5.04. The Kier molecular flexibility index (Phi) is 5.35. The normalized spacial score (nSPS) is 17.4. The number of nitrogens with zero attached hydrogens (tertiary/aromatic N) is 3. The van der Waals surface area contributed by atoms with E-state index in [-0.39, 0.29) is 17.7 Å². The molecule has 2 aliphatic heterocycles. The molecule has 26 heavy (non-hydrogen) atoms. The molecule has 0 radical (unpaired) electrons. The lowest BCUT2D eigenvalue weighted by Crippen LogP contribution is -2.45. The second kappa shape index (κ2) is 7.68. The van der Waals surface area contributed by atoms with Gasteiger partial charge in [0.25, 0.3) is 0 Å². The first-order chi connectivity index (χ1) is 12.5. The van der Waals surface area contributed by atoms with E-state index in [1.807, 2.05) is 0 Å². The lowest BCUT2D eigenvalue weighted by Gasteiger charge is -2.35. The van der Waals surface area contributed by atoms with E-state index < -0.39 is 5.97 Å². The van der Waals surface area contributed by atoms with Gasteiger partial charge in [-0.05, 0) is 43.4 Å². The van der Waals surface area contributed by atoms with Gasteiger partial charge in [-0.3, -0.25) is 14.5 Å². The van der Waals surface area contributed by atoms with Gasteiger partial charge in [-0.1, -0.05) is 6.58 Å². The standard InChI is InChI=1S/C19H23N3O4/c1-3-16(23)21-9-6-13(7-10-21)18(24)22-8-4-5-14-11-15(19(25)26-2)12-20-17(14)22/h3,11-13H,1,4-10H2,2H3. The van der Waals surface area contributed by atoms with Gasteiger partial charge in [0.05, 0.1) is 12.7 Å². The first-order valence-corrected chi connectivity index (χ1v) is 8.85. The van der Waals surface area contributed by atoms with E-state index in [2.05, 4.69) is 11.6 Å². The van der Waals surface area contributed by atoms with Gasteiger partial charge in [-0.2, -0.15) is 0 Å². The van der Waals surface area contributed by atoms with Gasteiger partial charge in [0.15, 0.2) is 0 Å². The summed E-state index contributed by atoms with van der Waals surface area (Å²) in [6.45, 7) is 5.27. The summed E-state index contributed by atoms with van der Waals surface area (Å²) in [7, 11) is 1.33. The number of aromatic nitrogens is 1. The first-order valence-electron chi connectivity index (χ1n) is 8.85.